The van der Waals surface area contributed by atoms with Crippen LogP contribution < -0.4 is 4.74 Å². The van der Waals surface area contributed by atoms with E-state index >= 15 is 0 Å². The minimum absolute atomic E-state index is 0.615. The van der Waals surface area contributed by atoms with Crippen molar-refractivity contribution in [2.75, 3.05) is 7.11 Å². The molecule has 3 nitrogen and oxygen atoms in total. The summed E-state index contributed by atoms with van der Waals surface area (Å²) in [5.41, 5.74) is 2.19. The topological polar surface area (TPSA) is 45.9 Å². The van der Waals surface area contributed by atoms with Crippen molar-refractivity contribution in [3.8, 4) is 22.4 Å². The fourth-order valence-electron chi connectivity index (χ4n) is 1.59. The SMILES string of the molecule is CCc1ccc(OC)c(-c2ncc(C#N)s2)c1. The number of nitrogens with zero attached hydrogens (tertiary/aromatic N) is 2. The van der Waals surface area contributed by atoms with E-state index in [9.17, 15) is 0 Å². The molecule has 0 amide bonds. The molecule has 0 bridgehead atoms. The van der Waals surface area contributed by atoms with Crippen molar-refractivity contribution < 1.29 is 4.74 Å². The first kappa shape index (κ1) is 11.6. The van der Waals surface area contributed by atoms with Gasteiger partial charge >= 0.3 is 0 Å². The average Bonchev–Trinajstić information content (AvgIpc) is 2.86. The summed E-state index contributed by atoms with van der Waals surface area (Å²) < 4.78 is 5.33. The van der Waals surface area contributed by atoms with Crippen LogP contribution in [0.4, 0.5) is 0 Å². The van der Waals surface area contributed by atoms with E-state index in [1.54, 1.807) is 13.3 Å². The smallest absolute Gasteiger partial charge is 0.129 e. The van der Waals surface area contributed by atoms with Gasteiger partial charge in [-0.3, -0.25) is 0 Å². The van der Waals surface area contributed by atoms with E-state index in [-0.39, 0.29) is 0 Å². The molecular formula is C13H12N2OS. The van der Waals surface area contributed by atoms with Gasteiger partial charge in [-0.25, -0.2) is 4.98 Å². The van der Waals surface area contributed by atoms with Crippen LogP contribution in [0.3, 0.4) is 0 Å². The van der Waals surface area contributed by atoms with Crippen LogP contribution >= 0.6 is 11.3 Å². The zero-order valence-corrected chi connectivity index (χ0v) is 10.5. The highest BCUT2D eigenvalue weighted by molar-refractivity contribution is 7.15. The fraction of sp³-hybridized carbons (Fsp3) is 0.231. The number of hydrogen-bond acceptors (Lipinski definition) is 4. The zero-order valence-electron chi connectivity index (χ0n) is 9.73. The Bertz CT molecular complexity index is 569. The number of nitriles is 1. The maximum atomic E-state index is 8.81. The summed E-state index contributed by atoms with van der Waals surface area (Å²) in [6.07, 6.45) is 2.56. The van der Waals surface area contributed by atoms with Crippen LogP contribution in [-0.2, 0) is 6.42 Å². The Hall–Kier alpha value is -1.86. The molecular weight excluding hydrogens is 232 g/mol. The van der Waals surface area contributed by atoms with Crippen molar-refractivity contribution >= 4 is 11.3 Å². The second-order valence-corrected chi connectivity index (χ2v) is 4.56. The summed E-state index contributed by atoms with van der Waals surface area (Å²) in [4.78, 5) is 4.87. The standard InChI is InChI=1S/C13H12N2OS/c1-3-9-4-5-12(16-2)11(6-9)13-15-8-10(7-14)17-13/h4-6,8H,3H2,1-2H3. The number of benzene rings is 1. The van der Waals surface area contributed by atoms with Gasteiger partial charge in [-0.15, -0.1) is 11.3 Å². The Balaban J connectivity index is 2.52. The number of aryl methyl sites for hydroxylation is 1. The number of aromatic nitrogens is 1. The molecule has 0 unspecified atom stereocenters. The summed E-state index contributed by atoms with van der Waals surface area (Å²) in [5, 5.41) is 9.64. The molecule has 0 saturated heterocycles. The van der Waals surface area contributed by atoms with Crippen LogP contribution in [0.2, 0.25) is 0 Å². The minimum atomic E-state index is 0.615. The van der Waals surface area contributed by atoms with Crippen LogP contribution in [0, 0.1) is 11.3 Å². The first-order valence-electron chi connectivity index (χ1n) is 5.31. The molecule has 86 valence electrons. The molecule has 2 aromatic rings. The lowest BCUT2D eigenvalue weighted by Crippen LogP contribution is -1.89. The van der Waals surface area contributed by atoms with Crippen molar-refractivity contribution in [2.24, 2.45) is 0 Å². The number of rotatable bonds is 3. The molecule has 0 aliphatic rings. The highest BCUT2D eigenvalue weighted by atomic mass is 32.1. The van der Waals surface area contributed by atoms with Crippen LogP contribution in [0.1, 0.15) is 17.4 Å². The third-order valence-corrected chi connectivity index (χ3v) is 3.45. The number of hydrogen-bond donors (Lipinski definition) is 0. The molecule has 4 heteroatoms. The van der Waals surface area contributed by atoms with E-state index in [2.05, 4.69) is 24.0 Å². The van der Waals surface area contributed by atoms with Crippen molar-refractivity contribution in [1.82, 2.24) is 4.98 Å². The first-order valence-corrected chi connectivity index (χ1v) is 6.13. The minimum Gasteiger partial charge on any atom is -0.496 e. The van der Waals surface area contributed by atoms with Gasteiger partial charge < -0.3 is 4.74 Å². The Kier molecular flexibility index (Phi) is 3.40. The number of ether oxygens (including phenoxy) is 1. The van der Waals surface area contributed by atoms with Gasteiger partial charge in [0.25, 0.3) is 0 Å². The molecule has 1 aromatic carbocycles. The normalized spacial score (nSPS) is 9.94. The van der Waals surface area contributed by atoms with Crippen LogP contribution in [0.25, 0.3) is 10.6 Å². The Morgan fingerprint density at radius 3 is 2.88 bits per heavy atom. The summed E-state index contributed by atoms with van der Waals surface area (Å²) in [5.74, 6) is 0.793. The van der Waals surface area contributed by atoms with Gasteiger partial charge in [0.1, 0.15) is 21.7 Å². The van der Waals surface area contributed by atoms with Gasteiger partial charge in [0, 0.05) is 0 Å². The van der Waals surface area contributed by atoms with Crippen LogP contribution in [-0.4, -0.2) is 12.1 Å². The molecule has 0 radical (unpaired) electrons. The highest BCUT2D eigenvalue weighted by Crippen LogP contribution is 2.33. The van der Waals surface area contributed by atoms with Gasteiger partial charge in [0.15, 0.2) is 0 Å². The van der Waals surface area contributed by atoms with Gasteiger partial charge in [-0.05, 0) is 24.1 Å². The Morgan fingerprint density at radius 1 is 1.47 bits per heavy atom. The van der Waals surface area contributed by atoms with Gasteiger partial charge in [0.2, 0.25) is 0 Å². The van der Waals surface area contributed by atoms with E-state index < -0.39 is 0 Å². The lowest BCUT2D eigenvalue weighted by molar-refractivity contribution is 0.416. The monoisotopic (exact) mass is 244 g/mol. The van der Waals surface area contributed by atoms with E-state index in [1.807, 2.05) is 12.1 Å². The van der Waals surface area contributed by atoms with E-state index in [4.69, 9.17) is 10.00 Å². The third-order valence-electron chi connectivity index (χ3n) is 2.52. The predicted molar refractivity (Wildman–Crippen MR) is 68.2 cm³/mol. The lowest BCUT2D eigenvalue weighted by atomic mass is 10.1. The number of methoxy groups -OCH3 is 1. The van der Waals surface area contributed by atoms with Crippen LogP contribution in [0.15, 0.2) is 24.4 Å². The van der Waals surface area contributed by atoms with Crippen molar-refractivity contribution in [1.29, 1.82) is 5.26 Å². The molecule has 1 aromatic heterocycles. The largest absolute Gasteiger partial charge is 0.496 e. The molecule has 0 fully saturated rings. The second kappa shape index (κ2) is 4.98. The van der Waals surface area contributed by atoms with Gasteiger partial charge in [-0.1, -0.05) is 13.0 Å². The summed E-state index contributed by atoms with van der Waals surface area (Å²) in [7, 11) is 1.64. The average molecular weight is 244 g/mol. The van der Waals surface area contributed by atoms with Gasteiger partial charge in [0.05, 0.1) is 18.9 Å². The molecule has 0 aliphatic heterocycles. The van der Waals surface area contributed by atoms with E-state index in [0.29, 0.717) is 4.88 Å². The second-order valence-electron chi connectivity index (χ2n) is 3.53. The number of thiazole rings is 1. The Morgan fingerprint density at radius 2 is 2.29 bits per heavy atom. The summed E-state index contributed by atoms with van der Waals surface area (Å²) in [6.45, 7) is 2.11. The molecule has 0 aliphatic carbocycles. The van der Waals surface area contributed by atoms with Crippen molar-refractivity contribution in [2.45, 2.75) is 13.3 Å². The van der Waals surface area contributed by atoms with Crippen LogP contribution in [0.5, 0.6) is 5.75 Å². The molecule has 17 heavy (non-hydrogen) atoms. The predicted octanol–water partition coefficient (Wildman–Crippen LogP) is 3.25. The lowest BCUT2D eigenvalue weighted by Gasteiger charge is -2.07. The molecule has 0 atom stereocenters. The Labute approximate surface area is 104 Å². The molecule has 0 saturated carbocycles. The summed E-state index contributed by atoms with van der Waals surface area (Å²) in [6, 6.07) is 8.16. The molecule has 0 N–H and O–H groups in total. The van der Waals surface area contributed by atoms with E-state index in [0.717, 1.165) is 22.7 Å². The maximum absolute atomic E-state index is 8.81. The quantitative estimate of drug-likeness (QED) is 0.832. The van der Waals surface area contributed by atoms with E-state index in [1.165, 1.54) is 16.9 Å². The fourth-order valence-corrected chi connectivity index (χ4v) is 2.33. The molecule has 0 spiro atoms. The van der Waals surface area contributed by atoms with Gasteiger partial charge in [-0.2, -0.15) is 5.26 Å². The summed E-state index contributed by atoms with van der Waals surface area (Å²) >= 11 is 1.38. The third kappa shape index (κ3) is 2.29. The molecule has 1 heterocycles. The molecule has 2 rings (SSSR count). The first-order chi connectivity index (χ1) is 8.28. The zero-order chi connectivity index (χ0) is 12.3. The van der Waals surface area contributed by atoms with Crippen molar-refractivity contribution in [3.05, 3.63) is 34.8 Å². The highest BCUT2D eigenvalue weighted by Gasteiger charge is 2.10. The maximum Gasteiger partial charge on any atom is 0.129 e. The van der Waals surface area contributed by atoms with Crippen molar-refractivity contribution in [3.63, 3.8) is 0 Å².